The first-order valence-electron chi connectivity index (χ1n) is 9.03. The molecule has 0 amide bonds. The van der Waals surface area contributed by atoms with Crippen LogP contribution in [-0.2, 0) is 18.4 Å². The van der Waals surface area contributed by atoms with Crippen molar-refractivity contribution in [3.8, 4) is 11.1 Å². The van der Waals surface area contributed by atoms with Gasteiger partial charge in [0.05, 0.1) is 24.5 Å². The Morgan fingerprint density at radius 2 is 1.81 bits per heavy atom. The lowest BCUT2D eigenvalue weighted by atomic mass is 9.97. The van der Waals surface area contributed by atoms with Crippen molar-refractivity contribution in [1.29, 1.82) is 0 Å². The van der Waals surface area contributed by atoms with Crippen LogP contribution < -0.4 is 0 Å². The molecule has 0 aliphatic heterocycles. The van der Waals surface area contributed by atoms with Gasteiger partial charge in [-0.15, -0.1) is 0 Å². The molecule has 1 N–H and O–H groups in total. The molecular weight excluding hydrogens is 338 g/mol. The van der Waals surface area contributed by atoms with Crippen LogP contribution in [0.25, 0.3) is 32.8 Å². The first-order chi connectivity index (χ1) is 13.2. The van der Waals surface area contributed by atoms with E-state index in [0.29, 0.717) is 17.9 Å². The number of aromatic nitrogens is 1. The van der Waals surface area contributed by atoms with Gasteiger partial charge in [0.1, 0.15) is 0 Å². The molecule has 0 aliphatic carbocycles. The number of aliphatic hydroxyl groups is 1. The summed E-state index contributed by atoms with van der Waals surface area (Å²) in [5.74, 6) is -0.398. The van der Waals surface area contributed by atoms with Crippen LogP contribution in [0.15, 0.2) is 60.7 Å². The van der Waals surface area contributed by atoms with Crippen LogP contribution in [0, 0.1) is 0 Å². The minimum absolute atomic E-state index is 0.219. The number of rotatable bonds is 4. The van der Waals surface area contributed by atoms with Crippen LogP contribution in [0.3, 0.4) is 0 Å². The molecule has 0 aliphatic rings. The van der Waals surface area contributed by atoms with Gasteiger partial charge in [-0.3, -0.25) is 0 Å². The van der Waals surface area contributed by atoms with Gasteiger partial charge < -0.3 is 14.4 Å². The zero-order valence-corrected chi connectivity index (χ0v) is 15.4. The molecule has 1 aromatic heterocycles. The van der Waals surface area contributed by atoms with Gasteiger partial charge in [-0.1, -0.05) is 54.6 Å². The predicted octanol–water partition coefficient (Wildman–Crippen LogP) is 4.67. The summed E-state index contributed by atoms with van der Waals surface area (Å²) in [5.41, 5.74) is 4.12. The first kappa shape index (κ1) is 17.3. The van der Waals surface area contributed by atoms with Crippen molar-refractivity contribution in [1.82, 2.24) is 4.57 Å². The van der Waals surface area contributed by atoms with Crippen LogP contribution in [0.5, 0.6) is 0 Å². The summed E-state index contributed by atoms with van der Waals surface area (Å²) in [6.45, 7) is 1.86. The monoisotopic (exact) mass is 359 g/mol. The number of benzene rings is 3. The number of carbonyl (C=O) groups excluding carboxylic acids is 1. The molecule has 0 bridgehead atoms. The molecule has 0 saturated carbocycles. The Labute approximate surface area is 157 Å². The molecule has 27 heavy (non-hydrogen) atoms. The molecule has 0 unspecified atom stereocenters. The molecule has 136 valence electrons. The number of fused-ring (bicyclic) bond motifs is 2. The summed E-state index contributed by atoms with van der Waals surface area (Å²) < 4.78 is 7.07. The standard InChI is InChI=1S/C23H21NO3/c1-3-27-23(26)22-19-12-11-16(13-20(19)24(2)21(22)14-25)18-10-6-8-15-7-4-5-9-17(15)18/h4-13,25H,3,14H2,1-2H3. The Morgan fingerprint density at radius 1 is 1.04 bits per heavy atom. The van der Waals surface area contributed by atoms with E-state index in [-0.39, 0.29) is 6.61 Å². The van der Waals surface area contributed by atoms with Crippen molar-refractivity contribution >= 4 is 27.6 Å². The second kappa shape index (κ2) is 6.89. The second-order valence-electron chi connectivity index (χ2n) is 6.52. The number of hydrogen-bond acceptors (Lipinski definition) is 3. The number of esters is 1. The van der Waals surface area contributed by atoms with Crippen LogP contribution >= 0.6 is 0 Å². The Kier molecular flexibility index (Phi) is 4.42. The third-order valence-corrected chi connectivity index (χ3v) is 5.05. The summed E-state index contributed by atoms with van der Waals surface area (Å²) in [6, 6.07) is 20.6. The van der Waals surface area contributed by atoms with Crippen LogP contribution in [0.1, 0.15) is 23.0 Å². The van der Waals surface area contributed by atoms with Gasteiger partial charge in [0.2, 0.25) is 0 Å². The average molecular weight is 359 g/mol. The first-order valence-corrected chi connectivity index (χ1v) is 9.03. The highest BCUT2D eigenvalue weighted by molar-refractivity contribution is 6.07. The van der Waals surface area contributed by atoms with Gasteiger partial charge in [-0.05, 0) is 34.9 Å². The van der Waals surface area contributed by atoms with E-state index in [4.69, 9.17) is 4.74 Å². The molecule has 4 heteroatoms. The van der Waals surface area contributed by atoms with Gasteiger partial charge in [0.25, 0.3) is 0 Å². The Balaban J connectivity index is 1.95. The Morgan fingerprint density at radius 3 is 2.59 bits per heavy atom. The number of hydrogen-bond donors (Lipinski definition) is 1. The lowest BCUT2D eigenvalue weighted by Crippen LogP contribution is -2.08. The van der Waals surface area contributed by atoms with Crippen LogP contribution in [-0.4, -0.2) is 22.2 Å². The molecule has 0 radical (unpaired) electrons. The second-order valence-corrected chi connectivity index (χ2v) is 6.52. The van der Waals surface area contributed by atoms with Crippen molar-refractivity contribution in [2.45, 2.75) is 13.5 Å². The van der Waals surface area contributed by atoms with E-state index in [1.54, 1.807) is 6.92 Å². The summed E-state index contributed by atoms with van der Waals surface area (Å²) in [5, 5.41) is 13.0. The highest BCUT2D eigenvalue weighted by Gasteiger charge is 2.22. The van der Waals surface area contributed by atoms with E-state index < -0.39 is 5.97 Å². The molecule has 4 aromatic rings. The van der Waals surface area contributed by atoms with Crippen LogP contribution in [0.4, 0.5) is 0 Å². The fourth-order valence-corrected chi connectivity index (χ4v) is 3.75. The number of carbonyl (C=O) groups is 1. The summed E-state index contributed by atoms with van der Waals surface area (Å²) in [7, 11) is 1.86. The molecular formula is C23H21NO3. The predicted molar refractivity (Wildman–Crippen MR) is 108 cm³/mol. The Bertz CT molecular complexity index is 1150. The normalized spacial score (nSPS) is 11.2. The third-order valence-electron chi connectivity index (χ3n) is 5.05. The fraction of sp³-hybridized carbons (Fsp3) is 0.174. The van der Waals surface area contributed by atoms with Crippen LogP contribution in [0.2, 0.25) is 0 Å². The third kappa shape index (κ3) is 2.78. The minimum atomic E-state index is -0.398. The quantitative estimate of drug-likeness (QED) is 0.539. The maximum Gasteiger partial charge on any atom is 0.340 e. The van der Waals surface area contributed by atoms with E-state index in [0.717, 1.165) is 22.0 Å². The molecule has 0 atom stereocenters. The van der Waals surface area contributed by atoms with E-state index in [2.05, 4.69) is 36.4 Å². The molecule has 4 rings (SSSR count). The molecule has 3 aromatic carbocycles. The number of nitrogens with zero attached hydrogens (tertiary/aromatic N) is 1. The molecule has 4 nitrogen and oxygen atoms in total. The highest BCUT2D eigenvalue weighted by Crippen LogP contribution is 2.33. The lowest BCUT2D eigenvalue weighted by Gasteiger charge is -2.08. The fourth-order valence-electron chi connectivity index (χ4n) is 3.75. The van der Waals surface area contributed by atoms with E-state index >= 15 is 0 Å². The van der Waals surface area contributed by atoms with Gasteiger partial charge in [0.15, 0.2) is 0 Å². The topological polar surface area (TPSA) is 51.5 Å². The van der Waals surface area contributed by atoms with Crippen molar-refractivity contribution in [3.05, 3.63) is 71.9 Å². The van der Waals surface area contributed by atoms with E-state index in [1.807, 2.05) is 35.9 Å². The number of aliphatic hydroxyl groups excluding tert-OH is 1. The van der Waals surface area contributed by atoms with Gasteiger partial charge in [-0.25, -0.2) is 4.79 Å². The SMILES string of the molecule is CCOC(=O)c1c(CO)n(C)c2cc(-c3cccc4ccccc34)ccc12. The average Bonchev–Trinajstić information content (AvgIpc) is 2.99. The van der Waals surface area contributed by atoms with E-state index in [9.17, 15) is 9.90 Å². The lowest BCUT2D eigenvalue weighted by molar-refractivity contribution is 0.0524. The number of ether oxygens (including phenoxy) is 1. The number of aryl methyl sites for hydroxylation is 1. The summed E-state index contributed by atoms with van der Waals surface area (Å²) in [4.78, 5) is 12.4. The van der Waals surface area contributed by atoms with Gasteiger partial charge in [-0.2, -0.15) is 0 Å². The largest absolute Gasteiger partial charge is 0.462 e. The van der Waals surface area contributed by atoms with Gasteiger partial charge >= 0.3 is 5.97 Å². The highest BCUT2D eigenvalue weighted by atomic mass is 16.5. The van der Waals surface area contributed by atoms with Crippen molar-refractivity contribution in [2.24, 2.45) is 7.05 Å². The molecule has 0 spiro atoms. The van der Waals surface area contributed by atoms with Gasteiger partial charge in [0, 0.05) is 18.0 Å². The minimum Gasteiger partial charge on any atom is -0.462 e. The maximum absolute atomic E-state index is 12.4. The molecule has 0 saturated heterocycles. The van der Waals surface area contributed by atoms with Crippen molar-refractivity contribution in [2.75, 3.05) is 6.61 Å². The molecule has 1 heterocycles. The zero-order chi connectivity index (χ0) is 19.0. The van der Waals surface area contributed by atoms with Crippen molar-refractivity contribution in [3.63, 3.8) is 0 Å². The summed E-state index contributed by atoms with van der Waals surface area (Å²) >= 11 is 0. The molecule has 0 fully saturated rings. The zero-order valence-electron chi connectivity index (χ0n) is 15.4. The smallest absolute Gasteiger partial charge is 0.340 e. The summed E-state index contributed by atoms with van der Waals surface area (Å²) in [6.07, 6.45) is 0. The maximum atomic E-state index is 12.4. The van der Waals surface area contributed by atoms with E-state index in [1.165, 1.54) is 10.8 Å². The Hall–Kier alpha value is -3.11. The van der Waals surface area contributed by atoms with Crippen molar-refractivity contribution < 1.29 is 14.6 Å².